The van der Waals surface area contributed by atoms with Gasteiger partial charge in [0.25, 0.3) is 0 Å². The van der Waals surface area contributed by atoms with E-state index < -0.39 is 17.0 Å². The number of hydrogen-bond donors (Lipinski definition) is 0. The molecule has 0 heterocycles. The summed E-state index contributed by atoms with van der Waals surface area (Å²) in [4.78, 5) is 0. The molecule has 49 valence electrons. The molecule has 1 rings (SSSR count). The molecule has 1 aliphatic carbocycles. The first kappa shape index (κ1) is 9.77. The van der Waals surface area contributed by atoms with Crippen LogP contribution in [0, 0.1) is 6.42 Å². The number of halogens is 2. The van der Waals surface area contributed by atoms with Gasteiger partial charge in [0, 0.05) is 6.42 Å². The molecule has 3 heteroatoms. The predicted octanol–water partition coefficient (Wildman–Crippen LogP) is 3.08. The zero-order valence-corrected chi connectivity index (χ0v) is 8.14. The molecular weight excluding hydrogens is 191 g/mol. The summed E-state index contributed by atoms with van der Waals surface area (Å²) in [5, 5.41) is 0. The van der Waals surface area contributed by atoms with Crippen molar-refractivity contribution in [3.63, 3.8) is 0 Å². The van der Waals surface area contributed by atoms with Gasteiger partial charge >= 0.3 is 35.6 Å². The fourth-order valence-corrected chi connectivity index (χ4v) is 0.470. The Morgan fingerprint density at radius 1 is 1.33 bits per heavy atom. The quantitative estimate of drug-likeness (QED) is 0.524. The fraction of sp³-hybridized carbons (Fsp3) is 0.167. The normalized spacial score (nSPS) is 13.9. The van der Waals surface area contributed by atoms with Crippen LogP contribution in [0.3, 0.4) is 0 Å². The minimum absolute atomic E-state index is 0.556. The maximum atomic E-state index is 4.89. The van der Waals surface area contributed by atoms with E-state index in [-0.39, 0.29) is 0 Å². The van der Waals surface area contributed by atoms with E-state index in [1.165, 1.54) is 5.57 Å². The predicted molar refractivity (Wildman–Crippen MR) is 38.9 cm³/mol. The van der Waals surface area contributed by atoms with Crippen molar-refractivity contribution in [2.45, 2.75) is 6.92 Å². The van der Waals surface area contributed by atoms with Crippen LogP contribution in [0.5, 0.6) is 0 Å². The van der Waals surface area contributed by atoms with Gasteiger partial charge in [-0.25, -0.2) is 0 Å². The monoisotopic (exact) mass is 197 g/mol. The van der Waals surface area contributed by atoms with Gasteiger partial charge in [0.1, 0.15) is 0 Å². The van der Waals surface area contributed by atoms with Crippen LogP contribution in [-0.4, -0.2) is 0 Å². The molecule has 0 atom stereocenters. The van der Waals surface area contributed by atoms with Crippen molar-refractivity contribution in [1.82, 2.24) is 0 Å². The average Bonchev–Trinajstić information content (AvgIpc) is 2.20. The second-order valence-corrected chi connectivity index (χ2v) is 4.11. The van der Waals surface area contributed by atoms with Crippen molar-refractivity contribution < 1.29 is 17.0 Å². The van der Waals surface area contributed by atoms with Gasteiger partial charge in [0.2, 0.25) is 0 Å². The number of hydrogen-bond acceptors (Lipinski definition) is 0. The molecule has 0 spiro atoms. The first-order valence-electron chi connectivity index (χ1n) is 2.46. The zero-order chi connectivity index (χ0) is 7.11. The van der Waals surface area contributed by atoms with E-state index in [2.05, 4.69) is 19.4 Å². The van der Waals surface area contributed by atoms with Crippen LogP contribution < -0.4 is 0 Å². The van der Waals surface area contributed by atoms with Gasteiger partial charge in [0.05, 0.1) is 0 Å². The Hall–Kier alpha value is 0.774. The van der Waals surface area contributed by atoms with Crippen LogP contribution in [0.4, 0.5) is 0 Å². The van der Waals surface area contributed by atoms with Gasteiger partial charge in [-0.1, -0.05) is 23.8 Å². The van der Waals surface area contributed by atoms with E-state index >= 15 is 0 Å². The molecule has 0 amide bonds. The van der Waals surface area contributed by atoms with Gasteiger partial charge < -0.3 is 0 Å². The second-order valence-electron chi connectivity index (χ2n) is 1.53. The molecule has 0 aromatic carbocycles. The first-order valence-corrected chi connectivity index (χ1v) is 6.75. The molecule has 0 bridgehead atoms. The molecule has 1 aliphatic rings. The van der Waals surface area contributed by atoms with Crippen LogP contribution in [0.25, 0.3) is 0 Å². The Morgan fingerprint density at radius 2 is 1.89 bits per heavy atom. The third-order valence-electron chi connectivity index (χ3n) is 0.829. The minimum atomic E-state index is -0.556. The van der Waals surface area contributed by atoms with Crippen molar-refractivity contribution in [2.75, 3.05) is 0 Å². The molecule has 0 nitrogen and oxygen atoms in total. The summed E-state index contributed by atoms with van der Waals surface area (Å²) in [6.45, 7) is 2.08. The summed E-state index contributed by atoms with van der Waals surface area (Å²) in [7, 11) is 9.78. The van der Waals surface area contributed by atoms with Crippen molar-refractivity contribution in [3.05, 3.63) is 30.2 Å². The van der Waals surface area contributed by atoms with Crippen molar-refractivity contribution >= 4 is 18.6 Å². The van der Waals surface area contributed by atoms with Crippen LogP contribution in [0.2, 0.25) is 0 Å². The van der Waals surface area contributed by atoms with Gasteiger partial charge in [-0.15, -0.1) is 0 Å². The van der Waals surface area contributed by atoms with E-state index in [1.807, 2.05) is 12.2 Å². The molecule has 1 radical (unpaired) electrons. The Bertz CT molecular complexity index is 118. The molecule has 0 saturated heterocycles. The molecule has 9 heavy (non-hydrogen) atoms. The molecular formula is C6H7Cl2Ti. The summed E-state index contributed by atoms with van der Waals surface area (Å²) in [5.41, 5.74) is 1.34. The zero-order valence-electron chi connectivity index (χ0n) is 5.07. The van der Waals surface area contributed by atoms with Crippen molar-refractivity contribution in [2.24, 2.45) is 0 Å². The molecule has 0 aliphatic heterocycles. The van der Waals surface area contributed by atoms with Crippen LogP contribution in [-0.2, 0) is 17.0 Å². The Labute approximate surface area is 72.6 Å². The summed E-state index contributed by atoms with van der Waals surface area (Å²) < 4.78 is 0. The van der Waals surface area contributed by atoms with E-state index in [4.69, 9.17) is 18.6 Å². The number of allylic oxidation sites excluding steroid dienone is 4. The standard InChI is InChI=1S/C6H7.2ClH.Ti/c1-6-4-2-3-5-6;;;/h2-5H,1H3;2*1H;/q;;;+2/p-2. The Morgan fingerprint density at radius 3 is 2.00 bits per heavy atom. The molecule has 0 aromatic heterocycles. The maximum absolute atomic E-state index is 4.89. The summed E-state index contributed by atoms with van der Waals surface area (Å²) in [6.07, 6.45) is 8.24. The summed E-state index contributed by atoms with van der Waals surface area (Å²) in [6, 6.07) is 0. The van der Waals surface area contributed by atoms with E-state index in [0.29, 0.717) is 0 Å². The SMILES string of the molecule is CC1=CC=C[CH]1.[Cl][Ti][Cl]. The molecule has 0 fully saturated rings. The molecule has 0 N–H and O–H groups in total. The van der Waals surface area contributed by atoms with Crippen LogP contribution in [0.1, 0.15) is 6.92 Å². The van der Waals surface area contributed by atoms with Crippen LogP contribution in [0.15, 0.2) is 23.8 Å². The third kappa shape index (κ3) is 6.66. The third-order valence-corrected chi connectivity index (χ3v) is 0.829. The topological polar surface area (TPSA) is 0 Å². The summed E-state index contributed by atoms with van der Waals surface area (Å²) >= 11 is -0.556. The van der Waals surface area contributed by atoms with E-state index in [9.17, 15) is 0 Å². The molecule has 0 unspecified atom stereocenters. The fourth-order valence-electron chi connectivity index (χ4n) is 0.470. The average molecular weight is 198 g/mol. The van der Waals surface area contributed by atoms with Crippen molar-refractivity contribution in [1.29, 1.82) is 0 Å². The van der Waals surface area contributed by atoms with Gasteiger partial charge in [-0.3, -0.25) is 0 Å². The number of rotatable bonds is 0. The Kier molecular flexibility index (Phi) is 7.48. The van der Waals surface area contributed by atoms with Gasteiger partial charge in [0.15, 0.2) is 0 Å². The summed E-state index contributed by atoms with van der Waals surface area (Å²) in [5.74, 6) is 0. The first-order chi connectivity index (χ1) is 4.31. The van der Waals surface area contributed by atoms with E-state index in [0.717, 1.165) is 0 Å². The Balaban J connectivity index is 0.000000187. The van der Waals surface area contributed by atoms with Crippen molar-refractivity contribution in [3.8, 4) is 0 Å². The van der Waals surface area contributed by atoms with Crippen LogP contribution >= 0.6 is 18.6 Å². The van der Waals surface area contributed by atoms with E-state index in [1.54, 1.807) is 0 Å². The van der Waals surface area contributed by atoms with Gasteiger partial charge in [-0.05, 0) is 6.92 Å². The molecule has 0 aromatic rings. The molecule has 0 saturated carbocycles. The van der Waals surface area contributed by atoms with Gasteiger partial charge in [-0.2, -0.15) is 0 Å². The second kappa shape index (κ2) is 6.89.